The van der Waals surface area contributed by atoms with Crippen molar-refractivity contribution in [3.63, 3.8) is 0 Å². The lowest BCUT2D eigenvalue weighted by molar-refractivity contribution is 0.0799. The zero-order valence-corrected chi connectivity index (χ0v) is 18.8. The molecule has 1 amide bonds. The second kappa shape index (κ2) is 11.0. The van der Waals surface area contributed by atoms with Crippen molar-refractivity contribution < 1.29 is 32.0 Å². The van der Waals surface area contributed by atoms with Crippen LogP contribution in [0.4, 0.5) is 4.79 Å². The van der Waals surface area contributed by atoms with Crippen LogP contribution in [0.1, 0.15) is 11.1 Å². The number of aliphatic hydroxyl groups excluding tert-OH is 1. The number of ether oxygens (including phenoxy) is 2. The third-order valence-corrected chi connectivity index (χ3v) is 6.24. The van der Waals surface area contributed by atoms with Gasteiger partial charge in [-0.2, -0.15) is 8.42 Å². The number of carbonyl (C=O) groups excluding carboxylic acids is 1. The number of carbonyl (C=O) groups is 1. The van der Waals surface area contributed by atoms with Crippen LogP contribution in [-0.2, 0) is 31.2 Å². The Morgan fingerprint density at radius 3 is 2.12 bits per heavy atom. The van der Waals surface area contributed by atoms with Crippen molar-refractivity contribution in [1.29, 1.82) is 0 Å². The van der Waals surface area contributed by atoms with E-state index >= 15 is 0 Å². The third-order valence-electron chi connectivity index (χ3n) is 4.96. The van der Waals surface area contributed by atoms with Crippen molar-refractivity contribution in [2.24, 2.45) is 0 Å². The maximum absolute atomic E-state index is 12.7. The fourth-order valence-corrected chi connectivity index (χ4v) is 4.03. The largest absolute Gasteiger partial charge is 0.497 e. The smallest absolute Gasteiger partial charge is 0.408 e. The van der Waals surface area contributed by atoms with Gasteiger partial charge in [0.15, 0.2) is 0 Å². The lowest BCUT2D eigenvalue weighted by Crippen LogP contribution is -2.52. The average molecular weight is 472 g/mol. The molecule has 8 nitrogen and oxygen atoms in total. The molecular weight excluding hydrogens is 446 g/mol. The van der Waals surface area contributed by atoms with Gasteiger partial charge in [-0.1, -0.05) is 60.7 Å². The summed E-state index contributed by atoms with van der Waals surface area (Å²) in [6, 6.07) is 23.2. The Kier molecular flexibility index (Phi) is 8.05. The zero-order chi connectivity index (χ0) is 23.7. The van der Waals surface area contributed by atoms with Gasteiger partial charge in [-0.05, 0) is 35.4 Å². The fourth-order valence-electron chi connectivity index (χ4n) is 3.07. The summed E-state index contributed by atoms with van der Waals surface area (Å²) in [5, 5.41) is 12.8. The minimum Gasteiger partial charge on any atom is -0.497 e. The maximum atomic E-state index is 12.7. The van der Waals surface area contributed by atoms with Crippen LogP contribution in [0, 0.1) is 0 Å². The Labute approximate surface area is 192 Å². The minimum absolute atomic E-state index is 0.00791. The van der Waals surface area contributed by atoms with Crippen LogP contribution in [0.3, 0.4) is 0 Å². The van der Waals surface area contributed by atoms with Crippen LogP contribution in [0.25, 0.3) is 0 Å². The Morgan fingerprint density at radius 1 is 0.939 bits per heavy atom. The topological polar surface area (TPSA) is 111 Å². The number of benzene rings is 3. The highest BCUT2D eigenvalue weighted by Gasteiger charge is 2.37. The summed E-state index contributed by atoms with van der Waals surface area (Å²) in [6.07, 6.45) is -0.831. The Bertz CT molecular complexity index is 1140. The van der Waals surface area contributed by atoms with E-state index in [-0.39, 0.29) is 11.5 Å². The van der Waals surface area contributed by atoms with E-state index in [0.717, 1.165) is 5.56 Å². The molecule has 0 aliphatic heterocycles. The van der Waals surface area contributed by atoms with Gasteiger partial charge in [-0.25, -0.2) is 4.79 Å². The third kappa shape index (κ3) is 6.32. The maximum Gasteiger partial charge on any atom is 0.408 e. The summed E-state index contributed by atoms with van der Waals surface area (Å²) < 4.78 is 41.0. The molecule has 3 aromatic carbocycles. The van der Waals surface area contributed by atoms with Crippen molar-refractivity contribution in [3.8, 4) is 5.75 Å². The number of hydrogen-bond acceptors (Lipinski definition) is 7. The Balaban J connectivity index is 1.79. The van der Waals surface area contributed by atoms with Crippen molar-refractivity contribution in [2.45, 2.75) is 17.0 Å². The normalized spacial score (nSPS) is 13.0. The predicted octanol–water partition coefficient (Wildman–Crippen LogP) is 3.21. The molecule has 0 unspecified atom stereocenters. The first-order valence-corrected chi connectivity index (χ1v) is 11.5. The minimum atomic E-state index is -4.19. The van der Waals surface area contributed by atoms with E-state index < -0.39 is 35.0 Å². The van der Waals surface area contributed by atoms with Gasteiger partial charge in [0.25, 0.3) is 10.1 Å². The molecular formula is C24H25NO7S. The number of nitrogens with one attached hydrogen (secondary N) is 1. The van der Waals surface area contributed by atoms with Gasteiger partial charge in [0.2, 0.25) is 0 Å². The second-order valence-electron chi connectivity index (χ2n) is 7.18. The summed E-state index contributed by atoms with van der Waals surface area (Å²) in [6.45, 7) is -1.17. The van der Waals surface area contributed by atoms with Gasteiger partial charge in [-0.3, -0.25) is 4.18 Å². The number of alkyl carbamates (subject to hydrolysis) is 1. The molecule has 0 aromatic heterocycles. The summed E-state index contributed by atoms with van der Waals surface area (Å²) in [7, 11) is -2.72. The molecule has 0 saturated heterocycles. The highest BCUT2D eigenvalue weighted by atomic mass is 32.2. The Morgan fingerprint density at radius 2 is 1.55 bits per heavy atom. The van der Waals surface area contributed by atoms with Crippen molar-refractivity contribution in [3.05, 3.63) is 96.1 Å². The van der Waals surface area contributed by atoms with Gasteiger partial charge >= 0.3 is 6.09 Å². The van der Waals surface area contributed by atoms with Gasteiger partial charge in [0.05, 0.1) is 25.2 Å². The Hall–Kier alpha value is -3.40. The van der Waals surface area contributed by atoms with E-state index in [1.54, 1.807) is 42.5 Å². The quantitative estimate of drug-likeness (QED) is 0.437. The zero-order valence-electron chi connectivity index (χ0n) is 18.0. The van der Waals surface area contributed by atoms with E-state index in [4.69, 9.17) is 13.7 Å². The van der Waals surface area contributed by atoms with Gasteiger partial charge in [-0.15, -0.1) is 0 Å². The lowest BCUT2D eigenvalue weighted by Gasteiger charge is -2.32. The highest BCUT2D eigenvalue weighted by molar-refractivity contribution is 7.86. The van der Waals surface area contributed by atoms with Crippen LogP contribution in [-0.4, -0.2) is 39.9 Å². The summed E-state index contributed by atoms with van der Waals surface area (Å²) in [5.74, 6) is 0.491. The molecule has 0 spiro atoms. The van der Waals surface area contributed by atoms with E-state index in [1.807, 2.05) is 18.2 Å². The number of methoxy groups -OCH3 is 1. The van der Waals surface area contributed by atoms with Crippen LogP contribution in [0.2, 0.25) is 0 Å². The molecule has 3 rings (SSSR count). The molecule has 1 atom stereocenters. The molecule has 0 fully saturated rings. The molecule has 9 heteroatoms. The molecule has 0 aliphatic rings. The first kappa shape index (κ1) is 24.2. The summed E-state index contributed by atoms with van der Waals surface area (Å²) >= 11 is 0. The molecule has 0 radical (unpaired) electrons. The van der Waals surface area contributed by atoms with E-state index in [0.29, 0.717) is 11.3 Å². The van der Waals surface area contributed by atoms with E-state index in [9.17, 15) is 18.3 Å². The molecule has 0 heterocycles. The van der Waals surface area contributed by atoms with Crippen LogP contribution in [0.15, 0.2) is 89.8 Å². The lowest BCUT2D eigenvalue weighted by atomic mass is 9.92. The number of rotatable bonds is 10. The van der Waals surface area contributed by atoms with Crippen LogP contribution < -0.4 is 10.1 Å². The van der Waals surface area contributed by atoms with Crippen LogP contribution >= 0.6 is 0 Å². The van der Waals surface area contributed by atoms with Gasteiger partial charge in [0.1, 0.15) is 17.9 Å². The first-order chi connectivity index (χ1) is 15.9. The van der Waals surface area contributed by atoms with Crippen molar-refractivity contribution in [1.82, 2.24) is 5.32 Å². The highest BCUT2D eigenvalue weighted by Crippen LogP contribution is 2.25. The molecule has 0 aliphatic carbocycles. The summed E-state index contributed by atoms with van der Waals surface area (Å²) in [4.78, 5) is 12.5. The van der Waals surface area contributed by atoms with Crippen molar-refractivity contribution in [2.75, 3.05) is 20.3 Å². The molecule has 174 valence electrons. The average Bonchev–Trinajstić information content (AvgIpc) is 2.86. The van der Waals surface area contributed by atoms with Gasteiger partial charge in [0, 0.05) is 0 Å². The molecule has 3 aromatic rings. The number of hydrogen-bond donors (Lipinski definition) is 2. The fraction of sp³-hybridized carbons (Fsp3) is 0.208. The molecule has 33 heavy (non-hydrogen) atoms. The number of amides is 1. The van der Waals surface area contributed by atoms with E-state index in [1.165, 1.54) is 31.4 Å². The SMILES string of the molecule is COc1ccc(S(=O)(=O)OC[C@@](CO)(NC(=O)OCc2ccccc2)c2ccccc2)cc1. The molecule has 0 bridgehead atoms. The first-order valence-electron chi connectivity index (χ1n) is 10.1. The monoisotopic (exact) mass is 471 g/mol. The van der Waals surface area contributed by atoms with E-state index in [2.05, 4.69) is 5.32 Å². The molecule has 2 N–H and O–H groups in total. The standard InChI is InChI=1S/C24H25NO7S/c1-30-21-12-14-22(15-13-21)33(28,29)32-18-24(17-26,20-10-6-3-7-11-20)25-23(27)31-16-19-8-4-2-5-9-19/h2-15,26H,16-18H2,1H3,(H,25,27)/t24-/m1/s1. The number of aliphatic hydroxyl groups is 1. The van der Waals surface area contributed by atoms with Gasteiger partial charge < -0.3 is 19.9 Å². The van der Waals surface area contributed by atoms with Crippen LogP contribution in [0.5, 0.6) is 5.75 Å². The molecule has 0 saturated carbocycles. The predicted molar refractivity (Wildman–Crippen MR) is 121 cm³/mol. The summed E-state index contributed by atoms with van der Waals surface area (Å²) in [5.41, 5.74) is -0.330. The second-order valence-corrected chi connectivity index (χ2v) is 8.80. The van der Waals surface area contributed by atoms with Crippen molar-refractivity contribution >= 4 is 16.2 Å².